The second kappa shape index (κ2) is 11.8. The zero-order valence-electron chi connectivity index (χ0n) is 21.5. The van der Waals surface area contributed by atoms with Crippen molar-refractivity contribution in [2.75, 3.05) is 11.5 Å². The molecule has 1 saturated heterocycles. The molecule has 0 radical (unpaired) electrons. The Hall–Kier alpha value is -4.43. The Labute approximate surface area is 248 Å². The SMILES string of the molecule is CCOc1cc(/C=C2\C(=O)NC(=O)N(c3cc(Cl)ccc3C)C2=O)cc(Br)c1Oc1ccc(C(F)(F)F)cc1[N+](=O)[O-]. The number of anilines is 1. The van der Waals surface area contributed by atoms with E-state index in [4.69, 9.17) is 21.1 Å². The lowest BCUT2D eigenvalue weighted by Crippen LogP contribution is -2.54. The summed E-state index contributed by atoms with van der Waals surface area (Å²) in [6.45, 7) is 3.35. The van der Waals surface area contributed by atoms with Crippen molar-refractivity contribution < 1.29 is 42.0 Å². The first kappa shape index (κ1) is 30.5. The van der Waals surface area contributed by atoms with Crippen LogP contribution in [0.1, 0.15) is 23.6 Å². The highest BCUT2D eigenvalue weighted by Gasteiger charge is 2.38. The molecule has 0 spiro atoms. The van der Waals surface area contributed by atoms with Crippen LogP contribution >= 0.6 is 27.5 Å². The van der Waals surface area contributed by atoms with E-state index in [1.807, 2.05) is 0 Å². The lowest BCUT2D eigenvalue weighted by atomic mass is 10.1. The van der Waals surface area contributed by atoms with Gasteiger partial charge in [-0.25, -0.2) is 9.69 Å². The number of ether oxygens (including phenoxy) is 2. The number of hydrogen-bond acceptors (Lipinski definition) is 7. The molecule has 1 aliphatic heterocycles. The third-order valence-corrected chi connectivity index (χ3v) is 6.68. The van der Waals surface area contributed by atoms with E-state index in [1.165, 1.54) is 24.3 Å². The number of benzene rings is 3. The summed E-state index contributed by atoms with van der Waals surface area (Å²) in [5.74, 6) is -2.52. The predicted molar refractivity (Wildman–Crippen MR) is 149 cm³/mol. The van der Waals surface area contributed by atoms with Gasteiger partial charge in [0.2, 0.25) is 5.75 Å². The molecule has 15 heteroatoms. The summed E-state index contributed by atoms with van der Waals surface area (Å²) in [4.78, 5) is 49.9. The summed E-state index contributed by atoms with van der Waals surface area (Å²) in [5, 5.41) is 13.9. The van der Waals surface area contributed by atoms with Crippen LogP contribution in [-0.4, -0.2) is 29.4 Å². The molecular formula is C27H18BrClF3N3O7. The van der Waals surface area contributed by atoms with Gasteiger partial charge in [0.25, 0.3) is 11.8 Å². The molecule has 4 amide bonds. The first-order chi connectivity index (χ1) is 19.7. The zero-order valence-corrected chi connectivity index (χ0v) is 23.9. The summed E-state index contributed by atoms with van der Waals surface area (Å²) < 4.78 is 50.7. The maximum absolute atomic E-state index is 13.3. The molecule has 10 nitrogen and oxygen atoms in total. The minimum absolute atomic E-state index is 0.0183. The number of barbiturate groups is 1. The highest BCUT2D eigenvalue weighted by atomic mass is 79.9. The molecule has 0 saturated carbocycles. The third kappa shape index (κ3) is 6.24. The maximum Gasteiger partial charge on any atom is 0.416 e. The number of nitrogens with zero attached hydrogens (tertiary/aromatic N) is 2. The highest BCUT2D eigenvalue weighted by molar-refractivity contribution is 9.10. The minimum atomic E-state index is -4.82. The molecule has 0 aliphatic carbocycles. The van der Waals surface area contributed by atoms with E-state index in [2.05, 4.69) is 21.2 Å². The number of carbonyl (C=O) groups is 3. The molecule has 4 rings (SSSR count). The van der Waals surface area contributed by atoms with Gasteiger partial charge in [0.15, 0.2) is 11.5 Å². The van der Waals surface area contributed by atoms with Crippen LogP contribution in [-0.2, 0) is 15.8 Å². The largest absolute Gasteiger partial charge is 0.490 e. The van der Waals surface area contributed by atoms with Gasteiger partial charge >= 0.3 is 17.9 Å². The van der Waals surface area contributed by atoms with Gasteiger partial charge < -0.3 is 9.47 Å². The van der Waals surface area contributed by atoms with Gasteiger partial charge in [0.05, 0.1) is 27.3 Å². The Kier molecular flexibility index (Phi) is 8.59. The Bertz CT molecular complexity index is 1680. The van der Waals surface area contributed by atoms with E-state index < -0.39 is 51.5 Å². The number of imide groups is 2. The highest BCUT2D eigenvalue weighted by Crippen LogP contribution is 2.44. The molecule has 1 aliphatic rings. The summed E-state index contributed by atoms with van der Waals surface area (Å²) in [6.07, 6.45) is -3.63. The van der Waals surface area contributed by atoms with Crippen molar-refractivity contribution in [3.05, 3.63) is 90.4 Å². The maximum atomic E-state index is 13.3. The van der Waals surface area contributed by atoms with Crippen LogP contribution in [0.5, 0.6) is 17.2 Å². The number of amides is 4. The van der Waals surface area contributed by atoms with Crippen LogP contribution in [0.3, 0.4) is 0 Å². The van der Waals surface area contributed by atoms with E-state index in [0.29, 0.717) is 17.7 Å². The molecule has 3 aromatic carbocycles. The fourth-order valence-electron chi connectivity index (χ4n) is 3.93. The summed E-state index contributed by atoms with van der Waals surface area (Å²) in [6, 6.07) is 8.14. The molecule has 0 unspecified atom stereocenters. The fourth-order valence-corrected chi connectivity index (χ4v) is 4.64. The lowest BCUT2D eigenvalue weighted by Gasteiger charge is -2.27. The normalized spacial score (nSPS) is 14.7. The Morgan fingerprint density at radius 1 is 1.10 bits per heavy atom. The minimum Gasteiger partial charge on any atom is -0.490 e. The van der Waals surface area contributed by atoms with Crippen LogP contribution in [0, 0.1) is 17.0 Å². The number of halogens is 5. The molecule has 1 heterocycles. The summed E-state index contributed by atoms with van der Waals surface area (Å²) in [7, 11) is 0. The number of nitrogens with one attached hydrogen (secondary N) is 1. The summed E-state index contributed by atoms with van der Waals surface area (Å²) >= 11 is 9.30. The first-order valence-corrected chi connectivity index (χ1v) is 13.1. The number of aryl methyl sites for hydroxylation is 1. The summed E-state index contributed by atoms with van der Waals surface area (Å²) in [5.41, 5.74) is -1.65. The molecular weight excluding hydrogens is 651 g/mol. The number of rotatable bonds is 7. The number of alkyl halides is 3. The lowest BCUT2D eigenvalue weighted by molar-refractivity contribution is -0.385. The number of hydrogen-bond donors (Lipinski definition) is 1. The van der Waals surface area contributed by atoms with Gasteiger partial charge in [-0.2, -0.15) is 13.2 Å². The number of nitro benzene ring substituents is 1. The van der Waals surface area contributed by atoms with Crippen molar-refractivity contribution in [2.24, 2.45) is 0 Å². The van der Waals surface area contributed by atoms with Gasteiger partial charge in [-0.1, -0.05) is 17.7 Å². The topological polar surface area (TPSA) is 128 Å². The zero-order chi connectivity index (χ0) is 30.9. The second-order valence-corrected chi connectivity index (χ2v) is 9.98. The average molecular weight is 669 g/mol. The van der Waals surface area contributed by atoms with E-state index in [1.54, 1.807) is 26.0 Å². The van der Waals surface area contributed by atoms with E-state index in [-0.39, 0.29) is 38.9 Å². The molecule has 0 atom stereocenters. The van der Waals surface area contributed by atoms with E-state index >= 15 is 0 Å². The van der Waals surface area contributed by atoms with E-state index in [9.17, 15) is 37.7 Å². The Morgan fingerprint density at radius 2 is 1.81 bits per heavy atom. The monoisotopic (exact) mass is 667 g/mol. The Balaban J connectivity index is 1.76. The van der Waals surface area contributed by atoms with Crippen LogP contribution in [0.15, 0.2) is 58.6 Å². The molecule has 0 bridgehead atoms. The second-order valence-electron chi connectivity index (χ2n) is 8.69. The fraction of sp³-hybridized carbons (Fsp3) is 0.148. The molecule has 42 heavy (non-hydrogen) atoms. The molecule has 3 aromatic rings. The smallest absolute Gasteiger partial charge is 0.416 e. The third-order valence-electron chi connectivity index (χ3n) is 5.85. The van der Waals surface area contributed by atoms with Crippen LogP contribution in [0.4, 0.5) is 29.3 Å². The van der Waals surface area contributed by atoms with Crippen molar-refractivity contribution in [3.8, 4) is 17.2 Å². The number of nitro groups is 1. The Morgan fingerprint density at radius 3 is 2.45 bits per heavy atom. The number of carbonyl (C=O) groups excluding carboxylic acids is 3. The van der Waals surface area contributed by atoms with Crippen molar-refractivity contribution in [1.82, 2.24) is 5.32 Å². The van der Waals surface area contributed by atoms with Crippen molar-refractivity contribution >= 4 is 62.8 Å². The van der Waals surface area contributed by atoms with Crippen molar-refractivity contribution in [1.29, 1.82) is 0 Å². The molecule has 0 aromatic heterocycles. The molecule has 1 N–H and O–H groups in total. The van der Waals surface area contributed by atoms with Crippen molar-refractivity contribution in [2.45, 2.75) is 20.0 Å². The molecule has 1 fully saturated rings. The standard InChI is InChI=1S/C27H18BrClF3N3O7/c1-3-41-22-10-14(8-17-24(36)33-26(38)34(25(17)37)19-12-16(29)6-4-13(19)2)9-18(28)23(22)42-21-7-5-15(27(30,31)32)11-20(21)35(39)40/h4-12H,3H2,1-2H3,(H,33,36,38)/b17-8+. The van der Waals surface area contributed by atoms with Gasteiger partial charge in [-0.15, -0.1) is 0 Å². The van der Waals surface area contributed by atoms with Crippen molar-refractivity contribution in [3.63, 3.8) is 0 Å². The molecule has 218 valence electrons. The first-order valence-electron chi connectivity index (χ1n) is 11.9. The average Bonchev–Trinajstić information content (AvgIpc) is 2.90. The van der Waals surface area contributed by atoms with Gasteiger partial charge in [0.1, 0.15) is 5.57 Å². The van der Waals surface area contributed by atoms with Gasteiger partial charge in [-0.05, 0) is 83.4 Å². The van der Waals surface area contributed by atoms with Gasteiger partial charge in [0, 0.05) is 11.1 Å². The van der Waals surface area contributed by atoms with Crippen LogP contribution < -0.4 is 19.7 Å². The van der Waals surface area contributed by atoms with Gasteiger partial charge in [-0.3, -0.25) is 25.0 Å². The number of urea groups is 1. The van der Waals surface area contributed by atoms with Crippen LogP contribution in [0.25, 0.3) is 6.08 Å². The van der Waals surface area contributed by atoms with Crippen LogP contribution in [0.2, 0.25) is 5.02 Å². The predicted octanol–water partition coefficient (Wildman–Crippen LogP) is 7.20. The van der Waals surface area contributed by atoms with E-state index in [0.717, 1.165) is 11.0 Å². The quantitative estimate of drug-likeness (QED) is 0.122.